The molecule has 0 aliphatic rings. The summed E-state index contributed by atoms with van der Waals surface area (Å²) in [7, 11) is 1.33. The van der Waals surface area contributed by atoms with E-state index < -0.39 is 18.6 Å². The lowest BCUT2D eigenvalue weighted by molar-refractivity contribution is -0.140. The van der Waals surface area contributed by atoms with Crippen LogP contribution in [-0.2, 0) is 16.0 Å². The average molecular weight is 383 g/mol. The largest absolute Gasteiger partial charge is 0.469 e. The molecule has 1 N–H and O–H groups in total. The number of carbonyl (C=O) groups is 2. The van der Waals surface area contributed by atoms with E-state index in [-0.39, 0.29) is 18.0 Å². The average Bonchev–Trinajstić information content (AvgIpc) is 2.91. The summed E-state index contributed by atoms with van der Waals surface area (Å²) < 4.78 is 42.9. The van der Waals surface area contributed by atoms with Crippen molar-refractivity contribution in [2.45, 2.75) is 32.9 Å². The Kier molecular flexibility index (Phi) is 6.24. The number of nitrogens with zero attached hydrogens (tertiary/aromatic N) is 2. The van der Waals surface area contributed by atoms with Crippen molar-refractivity contribution in [3.63, 3.8) is 0 Å². The molecule has 2 aromatic rings. The zero-order valence-corrected chi connectivity index (χ0v) is 15.2. The number of benzene rings is 1. The Morgan fingerprint density at radius 3 is 2.37 bits per heavy atom. The van der Waals surface area contributed by atoms with E-state index in [2.05, 4.69) is 9.84 Å². The van der Waals surface area contributed by atoms with Crippen LogP contribution >= 0.6 is 0 Å². The number of halogens is 3. The molecule has 1 aromatic carbocycles. The number of nitrogens with one attached hydrogen (secondary N) is 1. The van der Waals surface area contributed by atoms with Gasteiger partial charge in [-0.2, -0.15) is 18.3 Å². The lowest BCUT2D eigenvalue weighted by Gasteiger charge is -2.09. The maximum absolute atomic E-state index is 12.2. The van der Waals surface area contributed by atoms with E-state index in [0.717, 1.165) is 17.0 Å². The zero-order valence-electron chi connectivity index (χ0n) is 15.2. The number of hydrogen-bond acceptors (Lipinski definition) is 4. The van der Waals surface area contributed by atoms with Gasteiger partial charge in [-0.3, -0.25) is 9.59 Å². The van der Waals surface area contributed by atoms with Crippen molar-refractivity contribution < 1.29 is 27.5 Å². The summed E-state index contributed by atoms with van der Waals surface area (Å²) in [5.74, 6) is -1.11. The SMILES string of the molecule is COC(=O)CCc1c(C)nn(-c2ccc(C(=O)NCC(F)(F)F)cc2)c1C. The van der Waals surface area contributed by atoms with Gasteiger partial charge in [0.2, 0.25) is 0 Å². The van der Waals surface area contributed by atoms with Crippen molar-refractivity contribution in [3.8, 4) is 5.69 Å². The van der Waals surface area contributed by atoms with Gasteiger partial charge in [-0.15, -0.1) is 0 Å². The zero-order chi connectivity index (χ0) is 20.2. The van der Waals surface area contributed by atoms with E-state index in [0.29, 0.717) is 12.1 Å². The fourth-order valence-corrected chi connectivity index (χ4v) is 2.65. The number of rotatable bonds is 6. The quantitative estimate of drug-likeness (QED) is 0.779. The predicted molar refractivity (Wildman–Crippen MR) is 91.8 cm³/mol. The molecule has 0 atom stereocenters. The predicted octanol–water partition coefficient (Wildman–Crippen LogP) is 2.89. The van der Waals surface area contributed by atoms with Crippen LogP contribution < -0.4 is 5.32 Å². The van der Waals surface area contributed by atoms with Gasteiger partial charge in [-0.1, -0.05) is 0 Å². The Morgan fingerprint density at radius 2 is 1.81 bits per heavy atom. The fourth-order valence-electron chi connectivity index (χ4n) is 2.65. The standard InChI is InChI=1S/C18H20F3N3O3/c1-11-15(8-9-16(25)27-3)12(2)24(23-11)14-6-4-13(5-7-14)17(26)22-10-18(19,20)21/h4-7H,8-10H2,1-3H3,(H,22,26). The third kappa shape index (κ3) is 5.32. The second-order valence-corrected chi connectivity index (χ2v) is 5.98. The Morgan fingerprint density at radius 1 is 1.19 bits per heavy atom. The number of amides is 1. The molecule has 1 heterocycles. The molecule has 0 spiro atoms. The summed E-state index contributed by atoms with van der Waals surface area (Å²) in [5.41, 5.74) is 3.31. The van der Waals surface area contributed by atoms with Gasteiger partial charge in [-0.25, -0.2) is 4.68 Å². The minimum atomic E-state index is -4.46. The van der Waals surface area contributed by atoms with E-state index in [1.54, 1.807) is 16.8 Å². The first-order valence-electron chi connectivity index (χ1n) is 8.19. The van der Waals surface area contributed by atoms with Gasteiger partial charge in [-0.05, 0) is 50.1 Å². The molecule has 0 saturated carbocycles. The summed E-state index contributed by atoms with van der Waals surface area (Å²) in [4.78, 5) is 23.1. The number of alkyl halides is 3. The fraction of sp³-hybridized carbons (Fsp3) is 0.389. The van der Waals surface area contributed by atoms with Crippen LogP contribution in [0.15, 0.2) is 24.3 Å². The monoisotopic (exact) mass is 383 g/mol. The molecule has 0 aliphatic carbocycles. The first-order chi connectivity index (χ1) is 12.6. The van der Waals surface area contributed by atoms with Crippen molar-refractivity contribution in [2.75, 3.05) is 13.7 Å². The number of esters is 1. The number of hydrogen-bond donors (Lipinski definition) is 1. The van der Waals surface area contributed by atoms with Crippen LogP contribution in [0.2, 0.25) is 0 Å². The summed E-state index contributed by atoms with van der Waals surface area (Å²) in [6, 6.07) is 6.08. The van der Waals surface area contributed by atoms with Gasteiger partial charge < -0.3 is 10.1 Å². The van der Waals surface area contributed by atoms with E-state index >= 15 is 0 Å². The molecule has 0 bridgehead atoms. The topological polar surface area (TPSA) is 73.2 Å². The van der Waals surface area contributed by atoms with Crippen LogP contribution in [0.3, 0.4) is 0 Å². The number of aromatic nitrogens is 2. The van der Waals surface area contributed by atoms with Crippen LogP contribution in [0.4, 0.5) is 13.2 Å². The van der Waals surface area contributed by atoms with Crippen molar-refractivity contribution >= 4 is 11.9 Å². The summed E-state index contributed by atoms with van der Waals surface area (Å²) in [6.07, 6.45) is -3.73. The Hall–Kier alpha value is -2.84. The van der Waals surface area contributed by atoms with E-state index in [9.17, 15) is 22.8 Å². The van der Waals surface area contributed by atoms with Crippen LogP contribution in [-0.4, -0.2) is 41.5 Å². The van der Waals surface area contributed by atoms with Gasteiger partial charge in [0.1, 0.15) is 6.54 Å². The maximum Gasteiger partial charge on any atom is 0.405 e. The van der Waals surface area contributed by atoms with Gasteiger partial charge in [0.05, 0.1) is 18.5 Å². The van der Waals surface area contributed by atoms with E-state index in [4.69, 9.17) is 0 Å². The molecule has 0 fully saturated rings. The van der Waals surface area contributed by atoms with Crippen molar-refractivity contribution in [2.24, 2.45) is 0 Å². The number of carbonyl (C=O) groups excluding carboxylic acids is 2. The van der Waals surface area contributed by atoms with Crippen LogP contribution in [0, 0.1) is 13.8 Å². The smallest absolute Gasteiger partial charge is 0.405 e. The van der Waals surface area contributed by atoms with Gasteiger partial charge in [0.25, 0.3) is 5.91 Å². The Balaban J connectivity index is 2.15. The Labute approximate surface area is 154 Å². The first-order valence-corrected chi connectivity index (χ1v) is 8.19. The number of methoxy groups -OCH3 is 1. The highest BCUT2D eigenvalue weighted by Gasteiger charge is 2.27. The van der Waals surface area contributed by atoms with E-state index in [1.807, 2.05) is 19.2 Å². The molecule has 27 heavy (non-hydrogen) atoms. The highest BCUT2D eigenvalue weighted by atomic mass is 19.4. The lowest BCUT2D eigenvalue weighted by atomic mass is 10.1. The summed E-state index contributed by atoms with van der Waals surface area (Å²) >= 11 is 0. The molecule has 9 heteroatoms. The number of aryl methyl sites for hydroxylation is 1. The maximum atomic E-state index is 12.2. The number of ether oxygens (including phenoxy) is 1. The molecule has 0 aliphatic heterocycles. The van der Waals surface area contributed by atoms with Crippen molar-refractivity contribution in [1.29, 1.82) is 0 Å². The summed E-state index contributed by atoms with van der Waals surface area (Å²) in [5, 5.41) is 6.27. The first kappa shape index (κ1) is 20.5. The van der Waals surface area contributed by atoms with Gasteiger partial charge in [0.15, 0.2) is 0 Å². The minimum absolute atomic E-state index is 0.121. The lowest BCUT2D eigenvalue weighted by Crippen LogP contribution is -2.33. The molecule has 1 amide bonds. The third-order valence-corrected chi connectivity index (χ3v) is 4.07. The third-order valence-electron chi connectivity index (χ3n) is 4.07. The molecular formula is C18H20F3N3O3. The highest BCUT2D eigenvalue weighted by molar-refractivity contribution is 5.94. The van der Waals surface area contributed by atoms with Crippen LogP contribution in [0.5, 0.6) is 0 Å². The molecule has 0 unspecified atom stereocenters. The molecule has 2 rings (SSSR count). The molecule has 1 aromatic heterocycles. The molecule has 146 valence electrons. The Bertz CT molecular complexity index is 827. The second kappa shape index (κ2) is 8.24. The normalized spacial score (nSPS) is 11.3. The minimum Gasteiger partial charge on any atom is -0.469 e. The molecule has 0 saturated heterocycles. The molecule has 6 nitrogen and oxygen atoms in total. The van der Waals surface area contributed by atoms with Crippen molar-refractivity contribution in [3.05, 3.63) is 46.8 Å². The van der Waals surface area contributed by atoms with Gasteiger partial charge in [0, 0.05) is 17.7 Å². The van der Waals surface area contributed by atoms with Crippen LogP contribution in [0.25, 0.3) is 5.69 Å². The summed E-state index contributed by atoms with van der Waals surface area (Å²) in [6.45, 7) is 2.31. The van der Waals surface area contributed by atoms with Crippen LogP contribution in [0.1, 0.15) is 33.7 Å². The van der Waals surface area contributed by atoms with E-state index in [1.165, 1.54) is 19.2 Å². The molecular weight excluding hydrogens is 363 g/mol. The van der Waals surface area contributed by atoms with Gasteiger partial charge >= 0.3 is 12.1 Å². The second-order valence-electron chi connectivity index (χ2n) is 5.98. The van der Waals surface area contributed by atoms with Crippen molar-refractivity contribution in [1.82, 2.24) is 15.1 Å². The highest BCUT2D eigenvalue weighted by Crippen LogP contribution is 2.20. The molecule has 0 radical (unpaired) electrons.